The summed E-state index contributed by atoms with van der Waals surface area (Å²) in [5.41, 5.74) is 3.17. The molecule has 0 fully saturated rings. The van der Waals surface area contributed by atoms with Crippen molar-refractivity contribution in [2.24, 2.45) is 4.99 Å². The average Bonchev–Trinajstić information content (AvgIpc) is 2.71. The molecule has 0 radical (unpaired) electrons. The lowest BCUT2D eigenvalue weighted by atomic mass is 10.1. The summed E-state index contributed by atoms with van der Waals surface area (Å²) in [6.07, 6.45) is 2.89. The van der Waals surface area contributed by atoms with E-state index in [9.17, 15) is 4.79 Å². The minimum Gasteiger partial charge on any atom is -0.357 e. The van der Waals surface area contributed by atoms with Gasteiger partial charge in [-0.3, -0.25) is 9.79 Å². The van der Waals surface area contributed by atoms with Crippen LogP contribution in [0.2, 0.25) is 0 Å². The molecular weight excluding hydrogens is 336 g/mol. The minimum absolute atomic E-state index is 0.0573. The Morgan fingerprint density at radius 2 is 1.74 bits per heavy atom. The van der Waals surface area contributed by atoms with Crippen LogP contribution in [0.4, 0.5) is 0 Å². The van der Waals surface area contributed by atoms with E-state index < -0.39 is 0 Å². The van der Waals surface area contributed by atoms with Crippen molar-refractivity contribution in [3.63, 3.8) is 0 Å². The predicted molar refractivity (Wildman–Crippen MR) is 112 cm³/mol. The van der Waals surface area contributed by atoms with E-state index in [0.29, 0.717) is 5.56 Å². The lowest BCUT2D eigenvalue weighted by Gasteiger charge is -2.11. The number of carbonyl (C=O) groups is 1. The molecule has 0 aliphatic rings. The van der Waals surface area contributed by atoms with E-state index >= 15 is 0 Å². The van der Waals surface area contributed by atoms with Crippen LogP contribution in [0.25, 0.3) is 0 Å². The second-order valence-corrected chi connectivity index (χ2v) is 6.31. The Morgan fingerprint density at radius 3 is 2.48 bits per heavy atom. The van der Waals surface area contributed by atoms with Gasteiger partial charge in [-0.25, -0.2) is 0 Å². The standard InChI is InChI=1S/C22H30N4O/c1-3-24-22(25-15-8-12-18-9-5-4-6-10-18)26-16-14-19-11-7-13-20(17-19)21(27)23-2/h4-7,9-11,13,17H,3,8,12,14-16H2,1-2H3,(H,23,27)(H2,24,25,26). The van der Waals surface area contributed by atoms with Crippen molar-refractivity contribution >= 4 is 11.9 Å². The van der Waals surface area contributed by atoms with Gasteiger partial charge in [0.1, 0.15) is 0 Å². The van der Waals surface area contributed by atoms with Gasteiger partial charge in [-0.2, -0.15) is 0 Å². The molecule has 0 atom stereocenters. The first-order valence-electron chi connectivity index (χ1n) is 9.60. The van der Waals surface area contributed by atoms with Gasteiger partial charge < -0.3 is 16.0 Å². The third kappa shape index (κ3) is 7.52. The SMILES string of the molecule is CCNC(=NCCCc1ccccc1)NCCc1cccc(C(=O)NC)c1. The Balaban J connectivity index is 1.79. The number of benzene rings is 2. The fraction of sp³-hybridized carbons (Fsp3) is 0.364. The number of aliphatic imine (C=N–C) groups is 1. The van der Waals surface area contributed by atoms with Crippen LogP contribution >= 0.6 is 0 Å². The molecular formula is C22H30N4O. The lowest BCUT2D eigenvalue weighted by Crippen LogP contribution is -2.38. The van der Waals surface area contributed by atoms with Crippen molar-refractivity contribution in [2.45, 2.75) is 26.2 Å². The number of aryl methyl sites for hydroxylation is 1. The van der Waals surface area contributed by atoms with Crippen LogP contribution in [0, 0.1) is 0 Å². The first-order chi connectivity index (χ1) is 13.2. The van der Waals surface area contributed by atoms with Gasteiger partial charge in [0.05, 0.1) is 0 Å². The van der Waals surface area contributed by atoms with Crippen molar-refractivity contribution in [2.75, 3.05) is 26.7 Å². The Hall–Kier alpha value is -2.82. The van der Waals surface area contributed by atoms with E-state index in [1.54, 1.807) is 7.05 Å². The zero-order valence-electron chi connectivity index (χ0n) is 16.3. The topological polar surface area (TPSA) is 65.5 Å². The number of nitrogens with one attached hydrogen (secondary N) is 3. The normalized spacial score (nSPS) is 11.1. The quantitative estimate of drug-likeness (QED) is 0.363. The van der Waals surface area contributed by atoms with E-state index in [2.05, 4.69) is 52.1 Å². The monoisotopic (exact) mass is 366 g/mol. The third-order valence-electron chi connectivity index (χ3n) is 4.20. The fourth-order valence-electron chi connectivity index (χ4n) is 2.80. The summed E-state index contributed by atoms with van der Waals surface area (Å²) in [6.45, 7) is 4.45. The highest BCUT2D eigenvalue weighted by Crippen LogP contribution is 2.06. The number of amides is 1. The smallest absolute Gasteiger partial charge is 0.251 e. The van der Waals surface area contributed by atoms with Gasteiger partial charge >= 0.3 is 0 Å². The maximum absolute atomic E-state index is 11.7. The molecule has 0 aliphatic heterocycles. The Labute approximate surface area is 162 Å². The number of rotatable bonds is 9. The molecule has 2 rings (SSSR count). The molecule has 0 saturated carbocycles. The molecule has 0 saturated heterocycles. The maximum Gasteiger partial charge on any atom is 0.251 e. The number of hydrogen-bond acceptors (Lipinski definition) is 2. The van der Waals surface area contributed by atoms with Gasteiger partial charge in [0.15, 0.2) is 5.96 Å². The first kappa shape index (κ1) is 20.5. The van der Waals surface area contributed by atoms with Crippen LogP contribution in [-0.2, 0) is 12.8 Å². The molecule has 5 nitrogen and oxygen atoms in total. The fourth-order valence-corrected chi connectivity index (χ4v) is 2.80. The Morgan fingerprint density at radius 1 is 0.963 bits per heavy atom. The van der Waals surface area contributed by atoms with E-state index in [1.807, 2.05) is 30.3 Å². The van der Waals surface area contributed by atoms with Crippen LogP contribution in [-0.4, -0.2) is 38.5 Å². The first-order valence-corrected chi connectivity index (χ1v) is 9.60. The largest absolute Gasteiger partial charge is 0.357 e. The lowest BCUT2D eigenvalue weighted by molar-refractivity contribution is 0.0963. The molecule has 2 aromatic rings. The van der Waals surface area contributed by atoms with Crippen LogP contribution < -0.4 is 16.0 Å². The van der Waals surface area contributed by atoms with E-state index in [4.69, 9.17) is 0 Å². The molecule has 0 aromatic heterocycles. The van der Waals surface area contributed by atoms with Crippen molar-refractivity contribution in [1.29, 1.82) is 0 Å². The molecule has 2 aromatic carbocycles. The second-order valence-electron chi connectivity index (χ2n) is 6.31. The van der Waals surface area contributed by atoms with Gasteiger partial charge in [0.25, 0.3) is 5.91 Å². The molecule has 5 heteroatoms. The van der Waals surface area contributed by atoms with Crippen molar-refractivity contribution in [1.82, 2.24) is 16.0 Å². The van der Waals surface area contributed by atoms with E-state index in [0.717, 1.165) is 50.4 Å². The highest BCUT2D eigenvalue weighted by atomic mass is 16.1. The van der Waals surface area contributed by atoms with Crippen molar-refractivity contribution in [3.8, 4) is 0 Å². The average molecular weight is 367 g/mol. The van der Waals surface area contributed by atoms with Gasteiger partial charge in [-0.1, -0.05) is 42.5 Å². The highest BCUT2D eigenvalue weighted by Gasteiger charge is 2.04. The molecule has 0 heterocycles. The minimum atomic E-state index is -0.0573. The number of hydrogen-bond donors (Lipinski definition) is 3. The van der Waals surface area contributed by atoms with Crippen molar-refractivity contribution < 1.29 is 4.79 Å². The summed E-state index contributed by atoms with van der Waals surface area (Å²) in [5, 5.41) is 9.31. The number of carbonyl (C=O) groups excluding carboxylic acids is 1. The number of guanidine groups is 1. The van der Waals surface area contributed by atoms with E-state index in [-0.39, 0.29) is 5.91 Å². The van der Waals surface area contributed by atoms with E-state index in [1.165, 1.54) is 5.56 Å². The molecule has 27 heavy (non-hydrogen) atoms. The third-order valence-corrected chi connectivity index (χ3v) is 4.20. The summed E-state index contributed by atoms with van der Waals surface area (Å²) in [6, 6.07) is 18.2. The van der Waals surface area contributed by atoms with Crippen LogP contribution in [0.1, 0.15) is 34.8 Å². The van der Waals surface area contributed by atoms with Crippen LogP contribution in [0.5, 0.6) is 0 Å². The number of nitrogens with zero attached hydrogens (tertiary/aromatic N) is 1. The van der Waals surface area contributed by atoms with Gasteiger partial charge in [0.2, 0.25) is 0 Å². The molecule has 3 N–H and O–H groups in total. The van der Waals surface area contributed by atoms with Gasteiger partial charge in [-0.05, 0) is 49.4 Å². The summed E-state index contributed by atoms with van der Waals surface area (Å²) in [7, 11) is 1.65. The molecule has 0 spiro atoms. The van der Waals surface area contributed by atoms with Gasteiger partial charge in [-0.15, -0.1) is 0 Å². The predicted octanol–water partition coefficient (Wildman–Crippen LogP) is 2.78. The van der Waals surface area contributed by atoms with Gasteiger partial charge in [0, 0.05) is 32.2 Å². The summed E-state index contributed by atoms with van der Waals surface area (Å²) in [5.74, 6) is 0.783. The highest BCUT2D eigenvalue weighted by molar-refractivity contribution is 5.94. The van der Waals surface area contributed by atoms with Crippen molar-refractivity contribution in [3.05, 3.63) is 71.3 Å². The Bertz CT molecular complexity index is 728. The molecule has 0 aliphatic carbocycles. The van der Waals surface area contributed by atoms with Crippen LogP contribution in [0.3, 0.4) is 0 Å². The summed E-state index contributed by atoms with van der Waals surface area (Å²) < 4.78 is 0. The molecule has 0 bridgehead atoms. The molecule has 0 unspecified atom stereocenters. The summed E-state index contributed by atoms with van der Waals surface area (Å²) >= 11 is 0. The Kier molecular flexibility index (Phi) is 8.90. The zero-order valence-corrected chi connectivity index (χ0v) is 16.3. The summed E-state index contributed by atoms with van der Waals surface area (Å²) in [4.78, 5) is 16.4. The molecule has 1 amide bonds. The zero-order chi connectivity index (χ0) is 19.3. The maximum atomic E-state index is 11.7. The second kappa shape index (κ2) is 11.7. The molecule has 144 valence electrons. The van der Waals surface area contributed by atoms with Crippen LogP contribution in [0.15, 0.2) is 59.6 Å².